The van der Waals surface area contributed by atoms with Crippen molar-refractivity contribution in [3.63, 3.8) is 0 Å². The van der Waals surface area contributed by atoms with Crippen molar-refractivity contribution >= 4 is 18.3 Å². The number of nitrogens with one attached hydrogen (secondary N) is 3. The maximum absolute atomic E-state index is 13.2. The summed E-state index contributed by atoms with van der Waals surface area (Å²) in [5, 5.41) is 115. The summed E-state index contributed by atoms with van der Waals surface area (Å²) in [7, 11) is 0. The number of carbonyl (C=O) groups is 3. The second kappa shape index (κ2) is 46.0. The molecule has 36 heteroatoms. The lowest BCUT2D eigenvalue weighted by atomic mass is 9.74. The molecule has 650 valence electrons. The van der Waals surface area contributed by atoms with E-state index in [1.807, 2.05) is 98.8 Å². The van der Waals surface area contributed by atoms with Gasteiger partial charge in [0.2, 0.25) is 0 Å². The van der Waals surface area contributed by atoms with Gasteiger partial charge < -0.3 is 167 Å². The van der Waals surface area contributed by atoms with Crippen LogP contribution >= 0.6 is 0 Å². The summed E-state index contributed by atoms with van der Waals surface area (Å²) in [6, 6.07) is 23.9. The first-order valence-corrected chi connectivity index (χ1v) is 40.3. The summed E-state index contributed by atoms with van der Waals surface area (Å²) in [6.07, 6.45) is -15.7. The number of aliphatic hydroxyl groups is 10. The van der Waals surface area contributed by atoms with Gasteiger partial charge in [-0.25, -0.2) is 14.4 Å². The Labute approximate surface area is 674 Å². The lowest BCUT2D eigenvalue weighted by Crippen LogP contribution is -2.62. The third kappa shape index (κ3) is 26.0. The van der Waals surface area contributed by atoms with Crippen LogP contribution in [-0.2, 0) is 90.9 Å². The van der Waals surface area contributed by atoms with Gasteiger partial charge in [-0.2, -0.15) is 0 Å². The number of hydrogen-bond donors (Lipinski definition) is 18. The summed E-state index contributed by atoms with van der Waals surface area (Å²) in [5.74, 6) is -1.27. The molecule has 6 fully saturated rings. The number of aliphatic hydroxyl groups excluding tert-OH is 10. The fraction of sp³-hybridized carbons (Fsp3) is 0.688. The second-order valence-corrected chi connectivity index (χ2v) is 30.9. The highest BCUT2D eigenvalue weighted by Crippen LogP contribution is 2.42. The number of ether oxygens (including phenoxy) is 15. The zero-order chi connectivity index (χ0) is 83.0. The Morgan fingerprint density at radius 1 is 0.457 bits per heavy atom. The molecule has 6 heterocycles. The normalized spacial score (nSPS) is 36.9. The molecule has 0 spiro atoms. The van der Waals surface area contributed by atoms with E-state index < -0.39 is 216 Å². The van der Waals surface area contributed by atoms with Crippen molar-refractivity contribution in [2.75, 3.05) is 46.1 Å². The SMILES string of the molecule is CC[C@@H]1C=C[C@@H](NC(=O)OCc2ccccc2)[C@@H](O[C@H]2[C@H](O[C@@H]3O[C@H](CO)[C@@H](O[C@H]4O[C@@H](CNC(=O)OCc5ccccc5)C=C[C@H]4NC(=O)OCc4ccccc4)[C@H]3O)[C@@H](O)[C@H](CCC(O)CO)C[C@@H]2C)O1.NC[C@@H]1CC[C@@H](N)[C@@H](O[C@H]2[C@H](O[C@@H]3O[C@H](CO)[C@@H](O[C@H]4O[C@@H](CN)CC[C@H]4N)[C@H]3O)[C@@H](O)[C@H](CCC(O)CO)C[C@@H]2N)O1. The van der Waals surface area contributed by atoms with E-state index in [0.717, 1.165) is 16.7 Å². The topological polar surface area (TPSA) is 558 Å². The Morgan fingerprint density at radius 2 is 0.853 bits per heavy atom. The number of hydrogen-bond acceptors (Lipinski definition) is 33. The summed E-state index contributed by atoms with van der Waals surface area (Å²) in [5.41, 5.74) is 33.0. The van der Waals surface area contributed by atoms with Crippen LogP contribution in [0, 0.1) is 17.8 Å². The highest BCUT2D eigenvalue weighted by Gasteiger charge is 2.56. The summed E-state index contributed by atoms with van der Waals surface area (Å²) in [4.78, 5) is 39.0. The van der Waals surface area contributed by atoms with Gasteiger partial charge in [-0.05, 0) is 105 Å². The first-order chi connectivity index (χ1) is 56.0. The largest absolute Gasteiger partial charge is 0.445 e. The van der Waals surface area contributed by atoms with Crippen LogP contribution in [0.3, 0.4) is 0 Å². The maximum Gasteiger partial charge on any atom is 0.408 e. The van der Waals surface area contributed by atoms with E-state index in [0.29, 0.717) is 57.8 Å². The average molecular weight is 1640 g/mol. The molecular formula is C80H122N8O28. The lowest BCUT2D eigenvalue weighted by Gasteiger charge is -2.46. The van der Waals surface area contributed by atoms with Gasteiger partial charge in [-0.1, -0.05) is 129 Å². The maximum atomic E-state index is 13.2. The van der Waals surface area contributed by atoms with Crippen LogP contribution in [0.25, 0.3) is 0 Å². The van der Waals surface area contributed by atoms with Crippen molar-refractivity contribution in [1.82, 2.24) is 16.0 Å². The van der Waals surface area contributed by atoms with Crippen molar-refractivity contribution < 1.29 is 137 Å². The van der Waals surface area contributed by atoms with Gasteiger partial charge >= 0.3 is 18.3 Å². The Morgan fingerprint density at radius 3 is 1.29 bits per heavy atom. The number of benzene rings is 3. The second-order valence-electron chi connectivity index (χ2n) is 30.9. The molecule has 23 N–H and O–H groups in total. The number of amides is 3. The standard InChI is InChI=1S/C53H69N3O17.C27H53N5O11/c1-3-38-21-23-40(55-52(63)66-30-34-15-9-5-10-16-34)48(68-38)71-45-32(2)25-36(19-20-37(59)27-57)43(60)47(45)73-50-44(61)46(42(28-58)70-50)72-49-41(56-53(64)67-31-35-17-11-6-12-18-35)24-22-39(69-49)26-54-51(62)65-29-33-13-7-4-8-14-33;28-8-14-3-5-16(30)25(38-14)41-22-18(32)7-12(1-2-13(35)10-33)20(36)24(22)43-27-21(37)23(19(11-34)40-27)42-26-17(31)6-4-15(9-29)39-26/h4-18,21-24,32,36-50,57-61H,3,19-20,25-31H2,1-2H3,(H,54,62)(H,55,63)(H,56,64);12-27,33-37H,1-11,28-32H2/t32-,36+,37?,38+,39+,40+,41+,42+,43-,44+,45+,46+,47+,48+,49+,50-;12-,13?,14+,15-,16-,17-,18+,19-,20+,21-,22-,23-,24-,25-,26-,27+/m01/s1. The average Bonchev–Trinajstić information content (AvgIpc) is 1.49. The zero-order valence-corrected chi connectivity index (χ0v) is 65.5. The van der Waals surface area contributed by atoms with Gasteiger partial charge in [0.15, 0.2) is 37.7 Å². The van der Waals surface area contributed by atoms with Crippen LogP contribution in [0.5, 0.6) is 0 Å². The highest BCUT2D eigenvalue weighted by molar-refractivity contribution is 5.69. The smallest absolute Gasteiger partial charge is 0.408 e. The molecule has 0 radical (unpaired) electrons. The van der Waals surface area contributed by atoms with E-state index in [9.17, 15) is 65.4 Å². The van der Waals surface area contributed by atoms with Gasteiger partial charge in [0.25, 0.3) is 0 Å². The minimum atomic E-state index is -1.64. The van der Waals surface area contributed by atoms with Crippen molar-refractivity contribution in [3.05, 3.63) is 132 Å². The first kappa shape index (κ1) is 92.2. The van der Waals surface area contributed by atoms with Gasteiger partial charge in [-0.15, -0.1) is 0 Å². The number of carbonyl (C=O) groups excluding carboxylic acids is 3. The van der Waals surface area contributed by atoms with Crippen LogP contribution in [0.1, 0.15) is 101 Å². The van der Waals surface area contributed by atoms with E-state index >= 15 is 0 Å². The molecule has 11 rings (SSSR count). The molecule has 3 aromatic carbocycles. The fourth-order valence-corrected chi connectivity index (χ4v) is 15.5. The molecule has 2 saturated carbocycles. The molecule has 36 nitrogen and oxygen atoms in total. The summed E-state index contributed by atoms with van der Waals surface area (Å²) in [6.45, 7) is 2.30. The van der Waals surface area contributed by atoms with Crippen LogP contribution in [0.4, 0.5) is 14.4 Å². The van der Waals surface area contributed by atoms with E-state index in [4.69, 9.17) is 99.7 Å². The molecule has 8 aliphatic rings. The molecule has 4 saturated heterocycles. The molecule has 3 aromatic rings. The van der Waals surface area contributed by atoms with E-state index in [-0.39, 0.29) is 76.5 Å². The van der Waals surface area contributed by atoms with Crippen LogP contribution in [0.2, 0.25) is 0 Å². The van der Waals surface area contributed by atoms with Gasteiger partial charge in [0.05, 0.1) is 100.0 Å². The van der Waals surface area contributed by atoms with E-state index in [1.54, 1.807) is 30.4 Å². The number of rotatable bonds is 35. The summed E-state index contributed by atoms with van der Waals surface area (Å²) < 4.78 is 91.0. The van der Waals surface area contributed by atoms with Gasteiger partial charge in [-0.3, -0.25) is 0 Å². The fourth-order valence-electron chi connectivity index (χ4n) is 15.5. The van der Waals surface area contributed by atoms with E-state index in [2.05, 4.69) is 16.0 Å². The Balaban J connectivity index is 0.000000280. The lowest BCUT2D eigenvalue weighted by molar-refractivity contribution is -0.291. The first-order valence-electron chi connectivity index (χ1n) is 40.3. The number of alkyl carbamates (subject to hydrolysis) is 3. The van der Waals surface area contributed by atoms with Crippen molar-refractivity contribution in [2.45, 2.75) is 282 Å². The van der Waals surface area contributed by atoms with Crippen molar-refractivity contribution in [2.24, 2.45) is 46.4 Å². The highest BCUT2D eigenvalue weighted by atomic mass is 16.8. The predicted octanol–water partition coefficient (Wildman–Crippen LogP) is -0.497. The summed E-state index contributed by atoms with van der Waals surface area (Å²) >= 11 is 0. The molecule has 116 heavy (non-hydrogen) atoms. The van der Waals surface area contributed by atoms with E-state index in [1.165, 1.54) is 0 Å². The van der Waals surface area contributed by atoms with Crippen molar-refractivity contribution in [3.8, 4) is 0 Å². The zero-order valence-electron chi connectivity index (χ0n) is 65.5. The van der Waals surface area contributed by atoms with Crippen molar-refractivity contribution in [1.29, 1.82) is 0 Å². The Hall–Kier alpha value is -6.13. The Bertz CT molecular complexity index is 3440. The van der Waals surface area contributed by atoms with Crippen LogP contribution < -0.4 is 44.6 Å². The molecule has 2 aliphatic carbocycles. The molecule has 6 aliphatic heterocycles. The molecule has 2 unspecified atom stereocenters. The molecular weight excluding hydrogens is 1520 g/mol. The Kier molecular flexibility index (Phi) is 36.6. The van der Waals surface area contributed by atoms with Crippen LogP contribution in [0.15, 0.2) is 115 Å². The predicted molar refractivity (Wildman–Crippen MR) is 410 cm³/mol. The monoisotopic (exact) mass is 1640 g/mol. The molecule has 0 bridgehead atoms. The number of nitrogens with two attached hydrogens (primary N) is 5. The minimum absolute atomic E-state index is 0.0241. The van der Waals surface area contributed by atoms with Crippen LogP contribution in [-0.4, -0.2) is 293 Å². The molecule has 3 amide bonds. The third-order valence-corrected chi connectivity index (χ3v) is 22.2. The van der Waals surface area contributed by atoms with Gasteiger partial charge in [0.1, 0.15) is 86.8 Å². The third-order valence-electron chi connectivity index (χ3n) is 22.2. The quantitative estimate of drug-likeness (QED) is 0.0261. The molecule has 32 atom stereocenters. The van der Waals surface area contributed by atoms with Gasteiger partial charge in [0, 0.05) is 19.1 Å². The minimum Gasteiger partial charge on any atom is -0.445 e. The molecule has 0 aromatic heterocycles.